The highest BCUT2D eigenvalue weighted by Gasteiger charge is 2.48. The molecule has 0 saturated heterocycles. The summed E-state index contributed by atoms with van der Waals surface area (Å²) in [6, 6.07) is 0. The minimum Gasteiger partial charge on any atom is -0.512 e. The monoisotopic (exact) mass is 408 g/mol. The number of ketones is 1. The van der Waals surface area contributed by atoms with E-state index in [-0.39, 0.29) is 19.3 Å². The molecule has 0 heterocycles. The molecule has 0 aliphatic rings. The number of carbonyl (C=O) groups excluding carboxylic acids is 1. The quantitative estimate of drug-likeness (QED) is 0.244. The molecule has 0 aliphatic heterocycles. The normalized spacial score (nSPS) is 15.7. The maximum absolute atomic E-state index is 13.7. The van der Waals surface area contributed by atoms with Crippen molar-refractivity contribution in [3.63, 3.8) is 0 Å². The molecular formula is C18H27F7O2. The number of carbonyl (C=O) groups is 1. The van der Waals surface area contributed by atoms with Crippen LogP contribution in [0.3, 0.4) is 0 Å². The molecule has 27 heavy (non-hydrogen) atoms. The number of alkyl halides is 7. The van der Waals surface area contributed by atoms with Gasteiger partial charge in [-0.1, -0.05) is 20.3 Å². The van der Waals surface area contributed by atoms with Gasteiger partial charge in [-0.2, -0.15) is 26.3 Å². The summed E-state index contributed by atoms with van der Waals surface area (Å²) in [6.45, 7) is 4.96. The summed E-state index contributed by atoms with van der Waals surface area (Å²) >= 11 is 0. The maximum Gasteiger partial charge on any atom is 0.390 e. The van der Waals surface area contributed by atoms with Gasteiger partial charge in [0.25, 0.3) is 0 Å². The van der Waals surface area contributed by atoms with E-state index in [2.05, 4.69) is 0 Å². The highest BCUT2D eigenvalue weighted by atomic mass is 19.4. The van der Waals surface area contributed by atoms with Gasteiger partial charge in [0.2, 0.25) is 0 Å². The molecule has 0 amide bonds. The van der Waals surface area contributed by atoms with Crippen LogP contribution in [0.5, 0.6) is 0 Å². The summed E-state index contributed by atoms with van der Waals surface area (Å²) in [5.41, 5.74) is -4.28. The lowest BCUT2D eigenvalue weighted by atomic mass is 9.79. The lowest BCUT2D eigenvalue weighted by molar-refractivity contribution is -0.190. The first-order valence-corrected chi connectivity index (χ1v) is 8.66. The van der Waals surface area contributed by atoms with Crippen molar-refractivity contribution >= 4 is 5.78 Å². The van der Waals surface area contributed by atoms with Gasteiger partial charge in [0.1, 0.15) is 11.4 Å². The molecule has 0 saturated carbocycles. The van der Waals surface area contributed by atoms with Crippen molar-refractivity contribution in [3.8, 4) is 0 Å². The Morgan fingerprint density at radius 1 is 0.926 bits per heavy atom. The molecule has 160 valence electrons. The van der Waals surface area contributed by atoms with Crippen molar-refractivity contribution in [2.45, 2.75) is 84.2 Å². The Morgan fingerprint density at radius 3 is 1.70 bits per heavy atom. The minimum absolute atomic E-state index is 0.000376. The van der Waals surface area contributed by atoms with Crippen molar-refractivity contribution in [1.82, 2.24) is 0 Å². The van der Waals surface area contributed by atoms with Crippen LogP contribution < -0.4 is 0 Å². The van der Waals surface area contributed by atoms with E-state index in [1.165, 1.54) is 13.8 Å². The third-order valence-electron chi connectivity index (χ3n) is 4.21. The lowest BCUT2D eigenvalue weighted by Crippen LogP contribution is -2.33. The fourth-order valence-corrected chi connectivity index (χ4v) is 2.85. The van der Waals surface area contributed by atoms with E-state index < -0.39 is 53.7 Å². The second kappa shape index (κ2) is 9.28. The molecule has 9 heteroatoms. The molecule has 0 aromatic carbocycles. The number of hydrogen-bond acceptors (Lipinski definition) is 2. The van der Waals surface area contributed by atoms with E-state index in [9.17, 15) is 40.6 Å². The molecule has 0 rings (SSSR count). The van der Waals surface area contributed by atoms with Gasteiger partial charge < -0.3 is 5.11 Å². The Labute approximate surface area is 154 Å². The average molecular weight is 408 g/mol. The molecule has 1 N–H and O–H groups in total. The molecule has 0 fully saturated rings. The van der Waals surface area contributed by atoms with E-state index in [1.54, 1.807) is 6.92 Å². The Hall–Kier alpha value is -1.28. The second-order valence-corrected chi connectivity index (χ2v) is 7.82. The highest BCUT2D eigenvalue weighted by Crippen LogP contribution is 2.45. The fourth-order valence-electron chi connectivity index (χ4n) is 2.85. The summed E-state index contributed by atoms with van der Waals surface area (Å²) in [5, 5.41) is 9.98. The topological polar surface area (TPSA) is 37.3 Å². The first-order chi connectivity index (χ1) is 11.9. The van der Waals surface area contributed by atoms with Gasteiger partial charge in [-0.25, -0.2) is 4.39 Å². The van der Waals surface area contributed by atoms with E-state index in [1.807, 2.05) is 0 Å². The molecule has 0 bridgehead atoms. The average Bonchev–Trinajstić information content (AvgIpc) is 2.37. The van der Waals surface area contributed by atoms with E-state index in [4.69, 9.17) is 0 Å². The van der Waals surface area contributed by atoms with E-state index in [0.717, 1.165) is 0 Å². The molecule has 2 nitrogen and oxygen atoms in total. The van der Waals surface area contributed by atoms with Crippen molar-refractivity contribution in [1.29, 1.82) is 0 Å². The van der Waals surface area contributed by atoms with Crippen LogP contribution in [0.15, 0.2) is 11.8 Å². The summed E-state index contributed by atoms with van der Waals surface area (Å²) in [6.07, 6.45) is -12.5. The number of allylic oxidation sites excluding steroid dienone is 2. The van der Waals surface area contributed by atoms with Gasteiger partial charge in [-0.15, -0.1) is 0 Å². The molecule has 0 aromatic heterocycles. The Morgan fingerprint density at radius 2 is 1.37 bits per heavy atom. The Balaban J connectivity index is 5.61. The van der Waals surface area contributed by atoms with Crippen LogP contribution in [-0.4, -0.2) is 28.9 Å². The zero-order valence-electron chi connectivity index (χ0n) is 15.9. The minimum atomic E-state index is -4.97. The van der Waals surface area contributed by atoms with Gasteiger partial charge in [-0.05, 0) is 33.1 Å². The summed E-state index contributed by atoms with van der Waals surface area (Å²) in [7, 11) is 0. The predicted molar refractivity (Wildman–Crippen MR) is 88.0 cm³/mol. The van der Waals surface area contributed by atoms with Crippen molar-refractivity contribution in [2.75, 3.05) is 0 Å². The van der Waals surface area contributed by atoms with Crippen molar-refractivity contribution < 1.29 is 40.6 Å². The first-order valence-electron chi connectivity index (χ1n) is 8.66. The predicted octanol–water partition coefficient (Wildman–Crippen LogP) is 6.85. The number of aliphatic hydroxyl groups is 1. The van der Waals surface area contributed by atoms with E-state index in [0.29, 0.717) is 19.4 Å². The standard InChI is InChI=1S/C18H27F7O2/c1-5-6-12(7-8-15(2,3)19)13(26)9-14(27)16(4,10-17(20,21)22)11-18(23,24)25/h9,12,27H,5-8,10-11H2,1-4H3/b14-9-. The Bertz CT molecular complexity index is 497. The molecule has 0 radical (unpaired) electrons. The van der Waals surface area contributed by atoms with Gasteiger partial charge in [0.05, 0.1) is 12.8 Å². The zero-order valence-corrected chi connectivity index (χ0v) is 15.9. The number of aliphatic hydroxyl groups excluding tert-OH is 1. The summed E-state index contributed by atoms with van der Waals surface area (Å²) in [5.74, 6) is -2.84. The van der Waals surface area contributed by atoms with E-state index >= 15 is 0 Å². The largest absolute Gasteiger partial charge is 0.512 e. The first kappa shape index (κ1) is 25.7. The van der Waals surface area contributed by atoms with Gasteiger partial charge in [0.15, 0.2) is 5.78 Å². The zero-order chi connectivity index (χ0) is 21.7. The molecule has 0 aliphatic carbocycles. The molecule has 1 atom stereocenters. The van der Waals surface area contributed by atoms with Crippen LogP contribution in [0, 0.1) is 11.3 Å². The van der Waals surface area contributed by atoms with Crippen LogP contribution >= 0.6 is 0 Å². The van der Waals surface area contributed by atoms with Crippen LogP contribution in [0.1, 0.15) is 66.2 Å². The van der Waals surface area contributed by atoms with Crippen LogP contribution in [0.25, 0.3) is 0 Å². The molecule has 0 spiro atoms. The molecule has 0 aromatic rings. The summed E-state index contributed by atoms with van der Waals surface area (Å²) < 4.78 is 90.0. The number of halogens is 7. The molecule has 1 unspecified atom stereocenters. The lowest BCUT2D eigenvalue weighted by Gasteiger charge is -2.31. The Kier molecular flexibility index (Phi) is 8.84. The third-order valence-corrected chi connectivity index (χ3v) is 4.21. The second-order valence-electron chi connectivity index (χ2n) is 7.82. The van der Waals surface area contributed by atoms with Crippen molar-refractivity contribution in [2.24, 2.45) is 11.3 Å². The number of rotatable bonds is 10. The van der Waals surface area contributed by atoms with Crippen LogP contribution in [-0.2, 0) is 4.79 Å². The summed E-state index contributed by atoms with van der Waals surface area (Å²) in [4.78, 5) is 12.3. The molecular weight excluding hydrogens is 381 g/mol. The van der Waals surface area contributed by atoms with Crippen LogP contribution in [0.4, 0.5) is 30.7 Å². The van der Waals surface area contributed by atoms with Crippen LogP contribution in [0.2, 0.25) is 0 Å². The third kappa shape index (κ3) is 11.2. The van der Waals surface area contributed by atoms with Gasteiger partial charge in [0, 0.05) is 17.4 Å². The SMILES string of the molecule is CCCC(CCC(C)(C)F)C(=O)/C=C(\O)C(C)(CC(F)(F)F)CC(F)(F)F. The fraction of sp³-hybridized carbons (Fsp3) is 0.833. The smallest absolute Gasteiger partial charge is 0.390 e. The number of hydrogen-bond donors (Lipinski definition) is 1. The highest BCUT2D eigenvalue weighted by molar-refractivity contribution is 5.92. The van der Waals surface area contributed by atoms with Gasteiger partial charge >= 0.3 is 12.4 Å². The van der Waals surface area contributed by atoms with Gasteiger partial charge in [-0.3, -0.25) is 4.79 Å². The maximum atomic E-state index is 13.7. The van der Waals surface area contributed by atoms with Crippen molar-refractivity contribution in [3.05, 3.63) is 11.8 Å².